The van der Waals surface area contributed by atoms with E-state index in [1.165, 1.54) is 12.2 Å². The van der Waals surface area contributed by atoms with Crippen LogP contribution in [0, 0.1) is 5.92 Å². The summed E-state index contributed by atoms with van der Waals surface area (Å²) < 4.78 is 38.9. The van der Waals surface area contributed by atoms with Crippen LogP contribution in [0.4, 0.5) is 13.2 Å². The van der Waals surface area contributed by atoms with Crippen molar-refractivity contribution in [2.75, 3.05) is 0 Å². The zero-order valence-corrected chi connectivity index (χ0v) is 12.4. The molecule has 5 heteroatoms. The van der Waals surface area contributed by atoms with Gasteiger partial charge >= 0.3 is 6.18 Å². The second-order valence-electron chi connectivity index (χ2n) is 5.77. The Morgan fingerprint density at radius 3 is 2.45 bits per heavy atom. The molecule has 0 saturated carbocycles. The van der Waals surface area contributed by atoms with E-state index in [-0.39, 0.29) is 13.1 Å². The van der Waals surface area contributed by atoms with E-state index >= 15 is 0 Å². The minimum absolute atomic E-state index is 0.0973. The standard InChI is InChI=1S/C15H23BF3N/c1-4-8-16(10-11(2)3)13-9-12(15(17,18)19)6-5-7-14(13)20/h6-7,9,11H,4-5,8,10,20H2,1-3H3. The van der Waals surface area contributed by atoms with Crippen LogP contribution in [0.1, 0.15) is 33.6 Å². The first-order chi connectivity index (χ1) is 9.25. The molecule has 1 rings (SSSR count). The molecule has 0 aromatic carbocycles. The van der Waals surface area contributed by atoms with E-state index in [0.717, 1.165) is 19.1 Å². The van der Waals surface area contributed by atoms with Gasteiger partial charge in [0.05, 0.1) is 5.57 Å². The molecular weight excluding hydrogens is 262 g/mol. The van der Waals surface area contributed by atoms with Gasteiger partial charge in [-0.3, -0.25) is 0 Å². The Hall–Kier alpha value is -1.13. The SMILES string of the molecule is CCCB(CC(C)C)C1=CC(C(F)(F)F)=CCC=C1N. The van der Waals surface area contributed by atoms with Gasteiger partial charge in [-0.1, -0.05) is 69.5 Å². The lowest BCUT2D eigenvalue weighted by Gasteiger charge is -2.20. The van der Waals surface area contributed by atoms with Crippen LogP contribution in [0.2, 0.25) is 12.6 Å². The van der Waals surface area contributed by atoms with Gasteiger partial charge in [0.25, 0.3) is 0 Å². The first-order valence-electron chi connectivity index (χ1n) is 7.20. The normalized spacial score (nSPS) is 16.4. The van der Waals surface area contributed by atoms with Crippen LogP contribution in [-0.2, 0) is 0 Å². The van der Waals surface area contributed by atoms with Gasteiger partial charge in [0.15, 0.2) is 6.71 Å². The molecule has 1 nitrogen and oxygen atoms in total. The lowest BCUT2D eigenvalue weighted by atomic mass is 9.37. The number of rotatable bonds is 5. The summed E-state index contributed by atoms with van der Waals surface area (Å²) in [6, 6.07) is 0. The van der Waals surface area contributed by atoms with Crippen molar-refractivity contribution in [1.82, 2.24) is 0 Å². The first kappa shape index (κ1) is 16.9. The van der Waals surface area contributed by atoms with Crippen molar-refractivity contribution in [2.45, 2.75) is 52.4 Å². The van der Waals surface area contributed by atoms with Crippen LogP contribution in [-0.4, -0.2) is 12.9 Å². The van der Waals surface area contributed by atoms with Crippen LogP contribution in [0.3, 0.4) is 0 Å². The third-order valence-corrected chi connectivity index (χ3v) is 3.48. The minimum Gasteiger partial charge on any atom is -0.399 e. The highest BCUT2D eigenvalue weighted by Gasteiger charge is 2.34. The predicted octanol–water partition coefficient (Wildman–Crippen LogP) is 4.75. The quantitative estimate of drug-likeness (QED) is 0.725. The molecule has 0 aromatic heterocycles. The molecule has 2 N–H and O–H groups in total. The molecule has 0 aliphatic heterocycles. The summed E-state index contributed by atoms with van der Waals surface area (Å²) in [5.74, 6) is 0.432. The first-order valence-corrected chi connectivity index (χ1v) is 7.20. The number of hydrogen-bond acceptors (Lipinski definition) is 1. The zero-order chi connectivity index (χ0) is 15.3. The second kappa shape index (κ2) is 7.05. The Labute approximate surface area is 119 Å². The van der Waals surface area contributed by atoms with Crippen molar-refractivity contribution in [1.29, 1.82) is 0 Å². The maximum absolute atomic E-state index is 13.0. The van der Waals surface area contributed by atoms with Crippen LogP contribution < -0.4 is 5.73 Å². The second-order valence-corrected chi connectivity index (χ2v) is 5.77. The number of nitrogens with two attached hydrogens (primary N) is 1. The third kappa shape index (κ3) is 4.76. The predicted molar refractivity (Wildman–Crippen MR) is 79.6 cm³/mol. The molecule has 0 spiro atoms. The van der Waals surface area contributed by atoms with Crippen molar-refractivity contribution in [2.24, 2.45) is 11.7 Å². The molecule has 0 saturated heterocycles. The molecule has 0 atom stereocenters. The van der Waals surface area contributed by atoms with Gasteiger partial charge in [0.2, 0.25) is 0 Å². The molecule has 1 aliphatic rings. The molecule has 0 unspecified atom stereocenters. The third-order valence-electron chi connectivity index (χ3n) is 3.48. The molecule has 0 radical (unpaired) electrons. The molecular formula is C15H23BF3N. The van der Waals surface area contributed by atoms with Crippen molar-refractivity contribution >= 4 is 6.71 Å². The lowest BCUT2D eigenvalue weighted by molar-refractivity contribution is -0.0883. The molecule has 1 aliphatic carbocycles. The number of hydrogen-bond donors (Lipinski definition) is 1. The maximum Gasteiger partial charge on any atom is 0.416 e. The van der Waals surface area contributed by atoms with Gasteiger partial charge in [-0.15, -0.1) is 0 Å². The molecule has 0 aromatic rings. The fraction of sp³-hybridized carbons (Fsp3) is 0.600. The average Bonchev–Trinajstić information content (AvgIpc) is 2.49. The van der Waals surface area contributed by atoms with Gasteiger partial charge in [-0.25, -0.2) is 0 Å². The fourth-order valence-corrected chi connectivity index (χ4v) is 2.61. The zero-order valence-electron chi connectivity index (χ0n) is 12.4. The summed E-state index contributed by atoms with van der Waals surface area (Å²) in [7, 11) is 0. The molecule has 0 heterocycles. The average molecular weight is 285 g/mol. The maximum atomic E-state index is 13.0. The van der Waals surface area contributed by atoms with Crippen molar-refractivity contribution < 1.29 is 13.2 Å². The number of allylic oxidation sites excluding steroid dienone is 5. The lowest BCUT2D eigenvalue weighted by Crippen LogP contribution is -2.24. The minimum atomic E-state index is -4.31. The van der Waals surface area contributed by atoms with E-state index in [2.05, 4.69) is 13.8 Å². The van der Waals surface area contributed by atoms with Gasteiger partial charge in [-0.2, -0.15) is 13.2 Å². The summed E-state index contributed by atoms with van der Waals surface area (Å²) >= 11 is 0. The Morgan fingerprint density at radius 2 is 1.95 bits per heavy atom. The molecule has 0 bridgehead atoms. The highest BCUT2D eigenvalue weighted by Crippen LogP contribution is 2.32. The fourth-order valence-electron chi connectivity index (χ4n) is 2.61. The monoisotopic (exact) mass is 285 g/mol. The molecule has 20 heavy (non-hydrogen) atoms. The van der Waals surface area contributed by atoms with Gasteiger partial charge in [0.1, 0.15) is 0 Å². The van der Waals surface area contributed by atoms with E-state index < -0.39 is 11.7 Å². The smallest absolute Gasteiger partial charge is 0.399 e. The number of halogens is 3. The Bertz CT molecular complexity index is 419. The van der Waals surface area contributed by atoms with Gasteiger partial charge < -0.3 is 5.73 Å². The largest absolute Gasteiger partial charge is 0.416 e. The van der Waals surface area contributed by atoms with E-state index in [1.54, 1.807) is 6.08 Å². The van der Waals surface area contributed by atoms with Gasteiger partial charge in [0, 0.05) is 5.70 Å². The van der Waals surface area contributed by atoms with Crippen LogP contribution >= 0.6 is 0 Å². The Kier molecular flexibility index (Phi) is 5.96. The summed E-state index contributed by atoms with van der Waals surface area (Å²) in [5, 5.41) is 0. The van der Waals surface area contributed by atoms with Crippen molar-refractivity contribution in [3.05, 3.63) is 35.0 Å². The topological polar surface area (TPSA) is 26.0 Å². The van der Waals surface area contributed by atoms with Crippen LogP contribution in [0.15, 0.2) is 35.0 Å². The van der Waals surface area contributed by atoms with Crippen LogP contribution in [0.25, 0.3) is 0 Å². The van der Waals surface area contributed by atoms with Gasteiger partial charge in [-0.05, 0) is 6.42 Å². The Balaban J connectivity index is 3.13. The van der Waals surface area contributed by atoms with Crippen molar-refractivity contribution in [3.63, 3.8) is 0 Å². The highest BCUT2D eigenvalue weighted by atomic mass is 19.4. The molecule has 0 amide bonds. The highest BCUT2D eigenvalue weighted by molar-refractivity contribution is 6.68. The number of alkyl halides is 3. The summed E-state index contributed by atoms with van der Waals surface area (Å²) in [6.45, 7) is 6.31. The molecule has 112 valence electrons. The van der Waals surface area contributed by atoms with E-state index in [9.17, 15) is 13.2 Å². The molecule has 0 fully saturated rings. The summed E-state index contributed by atoms with van der Waals surface area (Å²) in [6.07, 6.45) is 2.74. The van der Waals surface area contributed by atoms with Crippen molar-refractivity contribution in [3.8, 4) is 0 Å². The summed E-state index contributed by atoms with van der Waals surface area (Å²) in [5.41, 5.74) is 6.56. The van der Waals surface area contributed by atoms with E-state index in [1.807, 2.05) is 6.92 Å². The van der Waals surface area contributed by atoms with E-state index in [4.69, 9.17) is 5.73 Å². The van der Waals surface area contributed by atoms with Crippen LogP contribution in [0.5, 0.6) is 0 Å². The van der Waals surface area contributed by atoms with E-state index in [0.29, 0.717) is 17.1 Å². The Morgan fingerprint density at radius 1 is 1.30 bits per heavy atom. The summed E-state index contributed by atoms with van der Waals surface area (Å²) in [4.78, 5) is 0.